The molecule has 0 fully saturated rings. The lowest BCUT2D eigenvalue weighted by Crippen LogP contribution is -2.14. The molecular weight excluding hydrogens is 180 g/mol. The predicted octanol–water partition coefficient (Wildman–Crippen LogP) is -0.454. The van der Waals surface area contributed by atoms with Crippen LogP contribution in [-0.2, 0) is 16.1 Å². The molecule has 1 aliphatic carbocycles. The van der Waals surface area contributed by atoms with Crippen molar-refractivity contribution in [2.24, 2.45) is 10.1 Å². The third-order valence-corrected chi connectivity index (χ3v) is 1.54. The van der Waals surface area contributed by atoms with Crippen LogP contribution in [0.2, 0.25) is 0 Å². The normalized spacial score (nSPS) is 22.6. The maximum absolute atomic E-state index is 10.8. The molecule has 0 amide bonds. The fourth-order valence-electron chi connectivity index (χ4n) is 0.683. The van der Waals surface area contributed by atoms with Gasteiger partial charge in [-0.3, -0.25) is 9.35 Å². The van der Waals surface area contributed by atoms with Gasteiger partial charge in [-0.2, -0.15) is 4.40 Å². The summed E-state index contributed by atoms with van der Waals surface area (Å²) in [6, 6.07) is 0. The van der Waals surface area contributed by atoms with Crippen LogP contribution >= 0.6 is 0 Å². The van der Waals surface area contributed by atoms with Crippen LogP contribution in [0.5, 0.6) is 0 Å². The van der Waals surface area contributed by atoms with Crippen molar-refractivity contribution in [1.29, 1.82) is 0 Å². The first-order chi connectivity index (χ1) is 5.59. The van der Waals surface area contributed by atoms with Gasteiger partial charge in [0.2, 0.25) is 5.78 Å². The average molecular weight is 186 g/mol. The summed E-state index contributed by atoms with van der Waals surface area (Å²) in [6.45, 7) is 0. The van der Waals surface area contributed by atoms with Gasteiger partial charge in [-0.25, -0.2) is 4.21 Å². The van der Waals surface area contributed by atoms with Crippen molar-refractivity contribution in [3.05, 3.63) is 23.9 Å². The van der Waals surface area contributed by atoms with E-state index in [4.69, 9.17) is 10.3 Å². The standard InChI is InChI=1S/C6H6N2O3S/c7-5-3-4(8-12(10)11)1-2-6(5)9/h1-3H,7H2,(H,10,11). The van der Waals surface area contributed by atoms with Gasteiger partial charge in [0.05, 0.1) is 11.4 Å². The van der Waals surface area contributed by atoms with Crippen LogP contribution < -0.4 is 5.73 Å². The van der Waals surface area contributed by atoms with Crippen LogP contribution in [-0.4, -0.2) is 20.3 Å². The predicted molar refractivity (Wildman–Crippen MR) is 44.6 cm³/mol. The minimum Gasteiger partial charge on any atom is -0.396 e. The quantitative estimate of drug-likeness (QED) is 0.428. The molecule has 0 aromatic carbocycles. The van der Waals surface area contributed by atoms with Crippen molar-refractivity contribution in [3.8, 4) is 0 Å². The van der Waals surface area contributed by atoms with E-state index in [1.54, 1.807) is 0 Å². The Kier molecular flexibility index (Phi) is 2.51. The highest BCUT2D eigenvalue weighted by atomic mass is 32.2. The van der Waals surface area contributed by atoms with E-state index in [-0.39, 0.29) is 17.2 Å². The SMILES string of the molecule is NC1=CC(=NS(=O)O)C=CC1=O. The largest absolute Gasteiger partial charge is 0.396 e. The second-order valence-electron chi connectivity index (χ2n) is 2.04. The van der Waals surface area contributed by atoms with Gasteiger partial charge >= 0.3 is 0 Å². The number of nitrogens with two attached hydrogens (primary N) is 1. The molecule has 0 saturated heterocycles. The number of allylic oxidation sites excluding steroid dienone is 3. The lowest BCUT2D eigenvalue weighted by atomic mass is 10.1. The van der Waals surface area contributed by atoms with Gasteiger partial charge in [-0.05, 0) is 18.2 Å². The molecule has 64 valence electrons. The Hall–Kier alpha value is -1.27. The molecule has 1 aliphatic rings. The van der Waals surface area contributed by atoms with Crippen LogP contribution in [0.15, 0.2) is 28.3 Å². The summed E-state index contributed by atoms with van der Waals surface area (Å²) in [5, 5.41) is 0. The molecule has 0 aliphatic heterocycles. The summed E-state index contributed by atoms with van der Waals surface area (Å²) >= 11 is -2.26. The molecule has 12 heavy (non-hydrogen) atoms. The van der Waals surface area contributed by atoms with E-state index < -0.39 is 11.3 Å². The minimum absolute atomic E-state index is 0.0155. The fraction of sp³-hybridized carbons (Fsp3) is 0. The molecule has 1 unspecified atom stereocenters. The Morgan fingerprint density at radius 1 is 1.50 bits per heavy atom. The maximum atomic E-state index is 10.8. The van der Waals surface area contributed by atoms with Crippen LogP contribution in [0.3, 0.4) is 0 Å². The van der Waals surface area contributed by atoms with Gasteiger partial charge in [0.1, 0.15) is 0 Å². The number of hydrogen-bond acceptors (Lipinski definition) is 3. The zero-order chi connectivity index (χ0) is 9.14. The Morgan fingerprint density at radius 3 is 2.67 bits per heavy atom. The topological polar surface area (TPSA) is 92.8 Å². The van der Waals surface area contributed by atoms with E-state index in [0.29, 0.717) is 0 Å². The lowest BCUT2D eigenvalue weighted by molar-refractivity contribution is -0.111. The summed E-state index contributed by atoms with van der Waals surface area (Å²) in [4.78, 5) is 10.8. The van der Waals surface area contributed by atoms with Crippen molar-refractivity contribution < 1.29 is 13.6 Å². The summed E-state index contributed by atoms with van der Waals surface area (Å²) in [5.41, 5.74) is 5.47. The maximum Gasteiger partial charge on any atom is 0.282 e. The van der Waals surface area contributed by atoms with E-state index in [2.05, 4.69) is 4.40 Å². The Labute approximate surface area is 71.1 Å². The second-order valence-corrected chi connectivity index (χ2v) is 2.69. The molecule has 1 atom stereocenters. The monoisotopic (exact) mass is 186 g/mol. The summed E-state index contributed by atoms with van der Waals surface area (Å²) in [5.74, 6) is -0.322. The smallest absolute Gasteiger partial charge is 0.282 e. The molecule has 6 heteroatoms. The van der Waals surface area contributed by atoms with Crippen molar-refractivity contribution >= 4 is 22.8 Å². The fourth-order valence-corrected chi connectivity index (χ4v) is 0.977. The van der Waals surface area contributed by atoms with Crippen molar-refractivity contribution in [2.75, 3.05) is 0 Å². The molecule has 0 saturated carbocycles. The average Bonchev–Trinajstić information content (AvgIpc) is 1.96. The Balaban J connectivity index is 2.93. The zero-order valence-electron chi connectivity index (χ0n) is 5.93. The highest BCUT2D eigenvalue weighted by Gasteiger charge is 2.08. The van der Waals surface area contributed by atoms with Gasteiger partial charge in [-0.15, -0.1) is 0 Å². The minimum atomic E-state index is -2.26. The van der Waals surface area contributed by atoms with E-state index in [1.807, 2.05) is 0 Å². The van der Waals surface area contributed by atoms with E-state index in [0.717, 1.165) is 0 Å². The van der Waals surface area contributed by atoms with Crippen LogP contribution in [0.1, 0.15) is 0 Å². The van der Waals surface area contributed by atoms with Gasteiger partial charge in [0.15, 0.2) is 0 Å². The molecular formula is C6H6N2O3S. The number of rotatable bonds is 1. The van der Waals surface area contributed by atoms with Crippen LogP contribution in [0.25, 0.3) is 0 Å². The van der Waals surface area contributed by atoms with Gasteiger partial charge in [0, 0.05) is 0 Å². The number of nitrogens with zero attached hydrogens (tertiary/aromatic N) is 1. The zero-order valence-corrected chi connectivity index (χ0v) is 6.75. The summed E-state index contributed by atoms with van der Waals surface area (Å²) in [6.07, 6.45) is 3.77. The van der Waals surface area contributed by atoms with Crippen LogP contribution in [0, 0.1) is 0 Å². The third-order valence-electron chi connectivity index (χ3n) is 1.18. The third kappa shape index (κ3) is 2.11. The molecule has 0 aromatic heterocycles. The van der Waals surface area contributed by atoms with Crippen molar-refractivity contribution in [2.45, 2.75) is 0 Å². The van der Waals surface area contributed by atoms with E-state index >= 15 is 0 Å². The number of ketones is 1. The number of carbonyl (C=O) groups excluding carboxylic acids is 1. The second kappa shape index (κ2) is 3.42. The molecule has 0 spiro atoms. The Morgan fingerprint density at radius 2 is 2.17 bits per heavy atom. The molecule has 3 N–H and O–H groups in total. The molecule has 0 heterocycles. The summed E-state index contributed by atoms with van der Waals surface area (Å²) < 4.78 is 21.8. The first-order valence-electron chi connectivity index (χ1n) is 2.99. The number of hydrogen-bond donors (Lipinski definition) is 2. The van der Waals surface area contributed by atoms with Gasteiger partial charge in [0.25, 0.3) is 11.3 Å². The molecule has 1 rings (SSSR count). The van der Waals surface area contributed by atoms with Gasteiger partial charge in [-0.1, -0.05) is 0 Å². The highest BCUT2D eigenvalue weighted by Crippen LogP contribution is 2.00. The lowest BCUT2D eigenvalue weighted by Gasteiger charge is -2.01. The Bertz CT molecular complexity index is 330. The van der Waals surface area contributed by atoms with Gasteiger partial charge < -0.3 is 5.73 Å². The molecule has 0 bridgehead atoms. The van der Waals surface area contributed by atoms with Crippen molar-refractivity contribution in [3.63, 3.8) is 0 Å². The van der Waals surface area contributed by atoms with E-state index in [1.165, 1.54) is 18.2 Å². The first-order valence-corrected chi connectivity index (χ1v) is 4.05. The summed E-state index contributed by atoms with van der Waals surface area (Å²) in [7, 11) is 0. The van der Waals surface area contributed by atoms with Crippen molar-refractivity contribution in [1.82, 2.24) is 0 Å². The number of carbonyl (C=O) groups is 1. The van der Waals surface area contributed by atoms with E-state index in [9.17, 15) is 9.00 Å². The first kappa shape index (κ1) is 8.82. The molecule has 0 radical (unpaired) electrons. The molecule has 5 nitrogen and oxygen atoms in total. The molecule has 0 aromatic rings. The highest BCUT2D eigenvalue weighted by molar-refractivity contribution is 7.78. The van der Waals surface area contributed by atoms with Crippen LogP contribution in [0.4, 0.5) is 0 Å².